The third-order valence-corrected chi connectivity index (χ3v) is 0. The molecule has 5 heavy (non-hydrogen) atoms. The van der Waals surface area contributed by atoms with Gasteiger partial charge < -0.3 is 9.79 Å². The van der Waals surface area contributed by atoms with Gasteiger partial charge in [-0.1, -0.05) is 0 Å². The molecule has 0 aliphatic rings. The van der Waals surface area contributed by atoms with Crippen molar-refractivity contribution < 1.29 is 9.79 Å². The highest BCUT2D eigenvalue weighted by Gasteiger charge is 1.72. The topological polar surface area (TPSA) is 66.5 Å². The minimum absolute atomic E-state index is 0. The summed E-state index contributed by atoms with van der Waals surface area (Å²) in [7, 11) is -2.12. The van der Waals surface area contributed by atoms with Crippen LogP contribution in [0.3, 0.4) is 0 Å². The second kappa shape index (κ2) is 4.66. The molecule has 0 fully saturated rings. The second-order valence-corrected chi connectivity index (χ2v) is 0.961. The fourth-order valence-corrected chi connectivity index (χ4v) is 0. The van der Waals surface area contributed by atoms with E-state index in [-0.39, 0.29) is 13.5 Å². The predicted octanol–water partition coefficient (Wildman–Crippen LogP) is -0.195. The molecular weight excluding hydrogens is 109 g/mol. The first-order chi connectivity index (χ1) is 1.73. The SMILES string of the molecule is NP(O)O.[S]. The van der Waals surface area contributed by atoms with Crippen molar-refractivity contribution in [3.63, 3.8) is 0 Å². The molecule has 0 spiro atoms. The predicted molar refractivity (Wildman–Crippen MR) is 23.1 cm³/mol. The van der Waals surface area contributed by atoms with Crippen molar-refractivity contribution in [2.24, 2.45) is 5.50 Å². The molecule has 0 heterocycles. The number of rotatable bonds is 0. The molecule has 0 rings (SSSR count). The van der Waals surface area contributed by atoms with E-state index in [0.717, 1.165) is 0 Å². The third kappa shape index (κ3) is 75.7. The minimum atomic E-state index is -2.12. The Bertz CT molecular complexity index is 14.4. The van der Waals surface area contributed by atoms with E-state index in [1.807, 2.05) is 0 Å². The average Bonchev–Trinajstić information content (AvgIpc) is 0.811. The molecule has 5 heteroatoms. The van der Waals surface area contributed by atoms with Gasteiger partial charge in [-0.25, -0.2) is 0 Å². The minimum Gasteiger partial charge on any atom is -0.338 e. The van der Waals surface area contributed by atoms with Gasteiger partial charge in [-0.2, -0.15) is 0 Å². The van der Waals surface area contributed by atoms with Gasteiger partial charge in [0.25, 0.3) is 0 Å². The molecule has 0 aromatic rings. The van der Waals surface area contributed by atoms with E-state index in [1.54, 1.807) is 0 Å². The first-order valence-electron chi connectivity index (χ1n) is 0.658. The van der Waals surface area contributed by atoms with Crippen LogP contribution in [-0.2, 0) is 0 Å². The van der Waals surface area contributed by atoms with Crippen LogP contribution in [0.25, 0.3) is 0 Å². The smallest absolute Gasteiger partial charge is 0.247 e. The van der Waals surface area contributed by atoms with Crippen LogP contribution in [0.1, 0.15) is 0 Å². The molecular formula is H4NO2PS. The molecule has 2 radical (unpaired) electrons. The molecule has 0 unspecified atom stereocenters. The molecule has 0 saturated heterocycles. The fourth-order valence-electron chi connectivity index (χ4n) is 0. The van der Waals surface area contributed by atoms with Crippen LogP contribution in [-0.4, -0.2) is 9.79 Å². The standard InChI is InChI=1S/H4NO2P.S/c1-4(2)3;/h2-3H,1H2;. The van der Waals surface area contributed by atoms with E-state index in [0.29, 0.717) is 0 Å². The Morgan fingerprint density at radius 1 is 1.40 bits per heavy atom. The van der Waals surface area contributed by atoms with Crippen molar-refractivity contribution >= 4 is 22.0 Å². The Kier molecular flexibility index (Phi) is 8.55. The van der Waals surface area contributed by atoms with E-state index < -0.39 is 8.53 Å². The maximum Gasteiger partial charge on any atom is 0.247 e. The number of hydrogen-bond donors (Lipinski definition) is 3. The molecule has 0 bridgehead atoms. The van der Waals surface area contributed by atoms with Crippen molar-refractivity contribution in [3.8, 4) is 0 Å². The summed E-state index contributed by atoms with van der Waals surface area (Å²) in [5.41, 5.74) is 4.29. The lowest BCUT2D eigenvalue weighted by Crippen LogP contribution is -1.78. The average molecular weight is 113 g/mol. The molecule has 0 aromatic carbocycles. The van der Waals surface area contributed by atoms with Gasteiger partial charge in [0, 0.05) is 13.5 Å². The monoisotopic (exact) mass is 113 g/mol. The van der Waals surface area contributed by atoms with Gasteiger partial charge in [0.1, 0.15) is 0 Å². The van der Waals surface area contributed by atoms with Gasteiger partial charge in [0.15, 0.2) is 0 Å². The Morgan fingerprint density at radius 2 is 1.40 bits per heavy atom. The third-order valence-electron chi connectivity index (χ3n) is 0. The molecule has 32 valence electrons. The van der Waals surface area contributed by atoms with Gasteiger partial charge >= 0.3 is 0 Å². The molecule has 0 aliphatic carbocycles. The Labute approximate surface area is 38.2 Å². The summed E-state index contributed by atoms with van der Waals surface area (Å²) in [5.74, 6) is 0. The van der Waals surface area contributed by atoms with Crippen LogP contribution in [0.15, 0.2) is 0 Å². The lowest BCUT2D eigenvalue weighted by atomic mass is 13.9. The Hall–Kier alpha value is 0.660. The van der Waals surface area contributed by atoms with E-state index in [4.69, 9.17) is 9.79 Å². The van der Waals surface area contributed by atoms with E-state index >= 15 is 0 Å². The summed E-state index contributed by atoms with van der Waals surface area (Å²) in [5, 5.41) is 0. The largest absolute Gasteiger partial charge is 0.338 e. The van der Waals surface area contributed by atoms with E-state index in [2.05, 4.69) is 5.50 Å². The lowest BCUT2D eigenvalue weighted by molar-refractivity contribution is 0.485. The highest BCUT2D eigenvalue weighted by atomic mass is 32.1. The van der Waals surface area contributed by atoms with Gasteiger partial charge in [0.05, 0.1) is 0 Å². The van der Waals surface area contributed by atoms with Crippen molar-refractivity contribution in [2.45, 2.75) is 0 Å². The first kappa shape index (κ1) is 9.18. The summed E-state index contributed by atoms with van der Waals surface area (Å²) in [6.07, 6.45) is 0. The zero-order chi connectivity index (χ0) is 3.58. The molecule has 0 aromatic heterocycles. The van der Waals surface area contributed by atoms with Crippen LogP contribution in [0, 0.1) is 0 Å². The Balaban J connectivity index is 0. The maximum absolute atomic E-state index is 7.45. The molecule has 0 aliphatic heterocycles. The summed E-state index contributed by atoms with van der Waals surface area (Å²) < 4.78 is 0. The number of hydrogen-bond acceptors (Lipinski definition) is 3. The van der Waals surface area contributed by atoms with Gasteiger partial charge in [-0.05, 0) is 0 Å². The molecule has 3 nitrogen and oxygen atoms in total. The van der Waals surface area contributed by atoms with E-state index in [1.165, 1.54) is 0 Å². The maximum atomic E-state index is 7.45. The van der Waals surface area contributed by atoms with Crippen LogP contribution in [0.2, 0.25) is 0 Å². The summed E-state index contributed by atoms with van der Waals surface area (Å²) in [4.78, 5) is 14.9. The van der Waals surface area contributed by atoms with Crippen molar-refractivity contribution in [3.05, 3.63) is 0 Å². The van der Waals surface area contributed by atoms with Gasteiger partial charge in [-0.3, -0.25) is 5.50 Å². The van der Waals surface area contributed by atoms with Crippen molar-refractivity contribution in [2.75, 3.05) is 0 Å². The zero-order valence-corrected chi connectivity index (χ0v) is 4.04. The van der Waals surface area contributed by atoms with Crippen molar-refractivity contribution in [1.82, 2.24) is 0 Å². The van der Waals surface area contributed by atoms with Crippen molar-refractivity contribution in [1.29, 1.82) is 0 Å². The summed E-state index contributed by atoms with van der Waals surface area (Å²) >= 11 is 0. The van der Waals surface area contributed by atoms with Gasteiger partial charge in [-0.15, -0.1) is 0 Å². The first-order valence-corrected chi connectivity index (χ1v) is 1.97. The van der Waals surface area contributed by atoms with Gasteiger partial charge in [0.2, 0.25) is 8.53 Å². The highest BCUT2D eigenvalue weighted by Crippen LogP contribution is 2.05. The second-order valence-electron chi connectivity index (χ2n) is 0.320. The molecule has 4 N–H and O–H groups in total. The fraction of sp³-hybridized carbons (Fsp3) is 0. The Morgan fingerprint density at radius 3 is 1.40 bits per heavy atom. The summed E-state index contributed by atoms with van der Waals surface area (Å²) in [6, 6.07) is 0. The van der Waals surface area contributed by atoms with Crippen LogP contribution in [0.4, 0.5) is 0 Å². The quantitative estimate of drug-likeness (QED) is 0.381. The molecule has 0 atom stereocenters. The van der Waals surface area contributed by atoms with Crippen LogP contribution < -0.4 is 5.50 Å². The summed E-state index contributed by atoms with van der Waals surface area (Å²) in [6.45, 7) is 0. The van der Waals surface area contributed by atoms with Crippen LogP contribution >= 0.6 is 22.0 Å². The zero-order valence-electron chi connectivity index (χ0n) is 2.33. The van der Waals surface area contributed by atoms with E-state index in [9.17, 15) is 0 Å². The highest BCUT2D eigenvalue weighted by molar-refractivity contribution is 7.59. The number of nitrogens with two attached hydrogens (primary N) is 1. The molecule has 0 amide bonds. The molecule has 0 saturated carbocycles. The lowest BCUT2D eigenvalue weighted by Gasteiger charge is -1.79. The van der Waals surface area contributed by atoms with Crippen LogP contribution in [0.5, 0.6) is 0 Å². The normalized spacial score (nSPS) is 7.20.